The molecule has 0 fully saturated rings. The maximum atomic E-state index is 10.4. The Morgan fingerprint density at radius 3 is 2.45 bits per heavy atom. The van der Waals surface area contributed by atoms with Gasteiger partial charge in [-0.25, -0.2) is 0 Å². The predicted molar refractivity (Wildman–Crippen MR) is 41.8 cm³/mol. The zero-order valence-corrected chi connectivity index (χ0v) is 7.02. The number of nitrogens with one attached hydrogen (secondary N) is 1. The Hall–Kier alpha value is -0.860. The van der Waals surface area contributed by atoms with Crippen LogP contribution < -0.4 is 5.73 Å². The number of hydrogen-bond donors (Lipinski definition) is 0. The molecule has 1 N–H and O–H groups in total. The molecule has 0 bridgehead atoms. The summed E-state index contributed by atoms with van der Waals surface area (Å²) < 4.78 is 0. The normalized spacial score (nSPS) is 15.5. The van der Waals surface area contributed by atoms with Crippen LogP contribution in [0.2, 0.25) is 0 Å². The second-order valence-electron chi connectivity index (χ2n) is 3.13. The largest absolute Gasteiger partial charge is 0.303 e. The van der Waals surface area contributed by atoms with Crippen LogP contribution in [0.5, 0.6) is 0 Å². The first-order valence-electron chi connectivity index (χ1n) is 3.72. The molecule has 1 radical (unpaired) electrons. The quantitative estimate of drug-likeness (QED) is 0.561. The maximum absolute atomic E-state index is 10.4. The Morgan fingerprint density at radius 2 is 2.18 bits per heavy atom. The molecule has 0 aromatic heterocycles. The molecular formula is C8H14NO2. The third kappa shape index (κ3) is 3.75. The highest BCUT2D eigenvalue weighted by molar-refractivity contribution is 5.74. The first-order chi connectivity index (χ1) is 5.04. The Bertz CT molecular complexity index is 156. The highest BCUT2D eigenvalue weighted by atomic mass is 16.1. The van der Waals surface area contributed by atoms with E-state index in [1.54, 1.807) is 0 Å². The number of hydrogen-bond acceptors (Lipinski definition) is 2. The summed E-state index contributed by atoms with van der Waals surface area (Å²) in [6.07, 6.45) is 2.12. The summed E-state index contributed by atoms with van der Waals surface area (Å²) in [6, 6.07) is 0. The fraction of sp³-hybridized carbons (Fsp3) is 0.750. The van der Waals surface area contributed by atoms with Gasteiger partial charge in [0.25, 0.3) is 0 Å². The fourth-order valence-electron chi connectivity index (χ4n) is 0.930. The van der Waals surface area contributed by atoms with Gasteiger partial charge in [-0.3, -0.25) is 10.5 Å². The van der Waals surface area contributed by atoms with Crippen LogP contribution in [0.1, 0.15) is 33.1 Å². The van der Waals surface area contributed by atoms with E-state index < -0.39 is 5.91 Å². The standard InChI is InChI=1S/C8H14NO2/c1-3-8(2,4-5-10)6-7(9)11/h5,9H,3-4,6H2,1-2H3. The van der Waals surface area contributed by atoms with Gasteiger partial charge in [0.15, 0.2) is 0 Å². The van der Waals surface area contributed by atoms with Gasteiger partial charge in [-0.05, 0) is 11.8 Å². The molecule has 1 unspecified atom stereocenters. The van der Waals surface area contributed by atoms with Crippen molar-refractivity contribution >= 4 is 12.2 Å². The van der Waals surface area contributed by atoms with Gasteiger partial charge in [-0.1, -0.05) is 13.8 Å². The van der Waals surface area contributed by atoms with Gasteiger partial charge < -0.3 is 4.79 Å². The smallest absolute Gasteiger partial charge is 0.238 e. The van der Waals surface area contributed by atoms with Crippen molar-refractivity contribution < 1.29 is 9.59 Å². The Morgan fingerprint density at radius 1 is 1.64 bits per heavy atom. The van der Waals surface area contributed by atoms with Gasteiger partial charge in [-0.2, -0.15) is 0 Å². The molecule has 0 aliphatic heterocycles. The third-order valence-corrected chi connectivity index (χ3v) is 2.02. The van der Waals surface area contributed by atoms with Gasteiger partial charge in [0.1, 0.15) is 6.29 Å². The summed E-state index contributed by atoms with van der Waals surface area (Å²) in [4.78, 5) is 20.6. The van der Waals surface area contributed by atoms with E-state index in [1.807, 2.05) is 13.8 Å². The van der Waals surface area contributed by atoms with Crippen molar-refractivity contribution in [2.45, 2.75) is 33.1 Å². The lowest BCUT2D eigenvalue weighted by Gasteiger charge is -2.23. The molecule has 0 heterocycles. The van der Waals surface area contributed by atoms with Crippen molar-refractivity contribution in [2.75, 3.05) is 0 Å². The van der Waals surface area contributed by atoms with E-state index in [0.29, 0.717) is 6.42 Å². The van der Waals surface area contributed by atoms with Gasteiger partial charge in [0.2, 0.25) is 5.91 Å². The molecule has 0 aliphatic carbocycles. The minimum Gasteiger partial charge on any atom is -0.303 e. The minimum atomic E-state index is -0.587. The van der Waals surface area contributed by atoms with Crippen LogP contribution in [0, 0.1) is 5.41 Å². The van der Waals surface area contributed by atoms with Gasteiger partial charge in [0.05, 0.1) is 0 Å². The van der Waals surface area contributed by atoms with Gasteiger partial charge in [0, 0.05) is 12.8 Å². The minimum absolute atomic E-state index is 0.183. The third-order valence-electron chi connectivity index (χ3n) is 2.02. The Labute approximate surface area is 67.0 Å². The van der Waals surface area contributed by atoms with Crippen molar-refractivity contribution in [3.63, 3.8) is 0 Å². The number of rotatable bonds is 5. The van der Waals surface area contributed by atoms with Crippen molar-refractivity contribution in [1.29, 1.82) is 0 Å². The summed E-state index contributed by atoms with van der Waals surface area (Å²) >= 11 is 0. The van der Waals surface area contributed by atoms with E-state index in [1.165, 1.54) is 0 Å². The molecule has 0 aliphatic rings. The topological polar surface area (TPSA) is 57.9 Å². The zero-order valence-electron chi connectivity index (χ0n) is 7.02. The van der Waals surface area contributed by atoms with Crippen LogP contribution in [0.25, 0.3) is 0 Å². The van der Waals surface area contributed by atoms with Crippen LogP contribution in [-0.4, -0.2) is 12.2 Å². The molecule has 0 rings (SSSR count). The molecule has 0 saturated heterocycles. The molecule has 11 heavy (non-hydrogen) atoms. The second kappa shape index (κ2) is 4.11. The molecule has 0 aromatic carbocycles. The zero-order chi connectivity index (χ0) is 8.91. The summed E-state index contributed by atoms with van der Waals surface area (Å²) in [6.45, 7) is 3.78. The fourth-order valence-corrected chi connectivity index (χ4v) is 0.930. The van der Waals surface area contributed by atoms with Crippen LogP contribution in [-0.2, 0) is 9.59 Å². The molecule has 63 valence electrons. The molecule has 3 nitrogen and oxygen atoms in total. The predicted octanol–water partition coefficient (Wildman–Crippen LogP) is 1.19. The lowest BCUT2D eigenvalue weighted by molar-refractivity contribution is -0.121. The number of carbonyl (C=O) groups excluding carboxylic acids is 2. The van der Waals surface area contributed by atoms with E-state index >= 15 is 0 Å². The van der Waals surface area contributed by atoms with Crippen molar-refractivity contribution in [2.24, 2.45) is 5.41 Å². The first kappa shape index (κ1) is 10.1. The lowest BCUT2D eigenvalue weighted by atomic mass is 9.81. The summed E-state index contributed by atoms with van der Waals surface area (Å²) in [7, 11) is 0. The van der Waals surface area contributed by atoms with E-state index in [0.717, 1.165) is 12.7 Å². The van der Waals surface area contributed by atoms with E-state index in [-0.39, 0.29) is 11.8 Å². The highest BCUT2D eigenvalue weighted by Gasteiger charge is 2.23. The average Bonchev–Trinajstić information content (AvgIpc) is 1.87. The average molecular weight is 156 g/mol. The van der Waals surface area contributed by atoms with Crippen LogP contribution >= 0.6 is 0 Å². The van der Waals surface area contributed by atoms with Crippen LogP contribution in [0.15, 0.2) is 0 Å². The first-order valence-corrected chi connectivity index (χ1v) is 3.72. The van der Waals surface area contributed by atoms with Gasteiger partial charge >= 0.3 is 0 Å². The van der Waals surface area contributed by atoms with E-state index in [9.17, 15) is 9.59 Å². The summed E-state index contributed by atoms with van der Waals surface area (Å²) in [5.41, 5.74) is 6.47. The molecular weight excluding hydrogens is 142 g/mol. The number of amides is 1. The second-order valence-corrected chi connectivity index (χ2v) is 3.13. The van der Waals surface area contributed by atoms with Crippen molar-refractivity contribution in [1.82, 2.24) is 5.73 Å². The summed E-state index contributed by atoms with van der Waals surface area (Å²) in [5.74, 6) is -0.587. The van der Waals surface area contributed by atoms with Crippen molar-refractivity contribution in [3.05, 3.63) is 0 Å². The van der Waals surface area contributed by atoms with Crippen LogP contribution in [0.4, 0.5) is 0 Å². The van der Waals surface area contributed by atoms with E-state index in [2.05, 4.69) is 0 Å². The number of aldehydes is 1. The molecule has 1 amide bonds. The monoisotopic (exact) mass is 156 g/mol. The van der Waals surface area contributed by atoms with Crippen molar-refractivity contribution in [3.8, 4) is 0 Å². The van der Waals surface area contributed by atoms with Crippen LogP contribution in [0.3, 0.4) is 0 Å². The highest BCUT2D eigenvalue weighted by Crippen LogP contribution is 2.28. The van der Waals surface area contributed by atoms with E-state index in [4.69, 9.17) is 5.73 Å². The Balaban J connectivity index is 4.08. The number of carbonyl (C=O) groups is 2. The molecule has 0 saturated carbocycles. The molecule has 0 aromatic rings. The molecule has 3 heteroatoms. The SMILES string of the molecule is CCC(C)(CC=O)CC([NH])=O. The molecule has 0 spiro atoms. The van der Waals surface area contributed by atoms with Gasteiger partial charge in [-0.15, -0.1) is 0 Å². The maximum Gasteiger partial charge on any atom is 0.238 e. The Kier molecular flexibility index (Phi) is 3.79. The molecule has 1 atom stereocenters. The summed E-state index contributed by atoms with van der Waals surface area (Å²) in [5, 5.41) is 0. The lowest BCUT2D eigenvalue weighted by Crippen LogP contribution is -2.20.